The average Bonchev–Trinajstić information content (AvgIpc) is 2.90. The maximum atomic E-state index is 4.73. The molecule has 3 rings (SSSR count). The van der Waals surface area contributed by atoms with Gasteiger partial charge in [0.1, 0.15) is 5.01 Å². The number of thiazole rings is 1. The van der Waals surface area contributed by atoms with Crippen LogP contribution in [0.1, 0.15) is 24.5 Å². The standard InChI is InChI=1S/C13H15N3S/c1-2-6-15-11(3-1)13-16-12(9-17-13)10-4-7-14-8-5-10/h1-3,6,9-10,14H,4-5,7-8H2. The van der Waals surface area contributed by atoms with Gasteiger partial charge in [-0.25, -0.2) is 4.98 Å². The molecule has 1 N–H and O–H groups in total. The van der Waals surface area contributed by atoms with E-state index in [1.54, 1.807) is 11.3 Å². The number of hydrogen-bond acceptors (Lipinski definition) is 4. The van der Waals surface area contributed by atoms with Crippen molar-refractivity contribution in [1.82, 2.24) is 15.3 Å². The van der Waals surface area contributed by atoms with Crippen molar-refractivity contribution < 1.29 is 0 Å². The molecule has 17 heavy (non-hydrogen) atoms. The number of pyridine rings is 1. The molecule has 0 aromatic carbocycles. The van der Waals surface area contributed by atoms with E-state index in [0.29, 0.717) is 5.92 Å². The zero-order valence-corrected chi connectivity index (χ0v) is 10.4. The first-order chi connectivity index (χ1) is 8.43. The van der Waals surface area contributed by atoms with Crippen LogP contribution in [0.25, 0.3) is 10.7 Å². The third-order valence-electron chi connectivity index (χ3n) is 3.16. The van der Waals surface area contributed by atoms with Crippen LogP contribution in [-0.4, -0.2) is 23.1 Å². The number of hydrogen-bond donors (Lipinski definition) is 1. The maximum Gasteiger partial charge on any atom is 0.142 e. The summed E-state index contributed by atoms with van der Waals surface area (Å²) >= 11 is 1.70. The second-order valence-corrected chi connectivity index (χ2v) is 5.17. The molecule has 1 aliphatic rings. The third kappa shape index (κ3) is 2.37. The van der Waals surface area contributed by atoms with Gasteiger partial charge in [-0.1, -0.05) is 6.07 Å². The van der Waals surface area contributed by atoms with Crippen LogP contribution < -0.4 is 5.32 Å². The van der Waals surface area contributed by atoms with E-state index >= 15 is 0 Å². The van der Waals surface area contributed by atoms with E-state index in [4.69, 9.17) is 4.98 Å². The Morgan fingerprint density at radius 1 is 1.24 bits per heavy atom. The Morgan fingerprint density at radius 2 is 2.12 bits per heavy atom. The number of nitrogens with one attached hydrogen (secondary N) is 1. The molecule has 0 aliphatic carbocycles. The van der Waals surface area contributed by atoms with Gasteiger partial charge in [-0.3, -0.25) is 4.98 Å². The third-order valence-corrected chi connectivity index (χ3v) is 4.05. The molecule has 1 aliphatic heterocycles. The molecular formula is C13H15N3S. The van der Waals surface area contributed by atoms with Gasteiger partial charge in [0.2, 0.25) is 0 Å². The lowest BCUT2D eigenvalue weighted by Gasteiger charge is -2.20. The van der Waals surface area contributed by atoms with Gasteiger partial charge in [0, 0.05) is 17.5 Å². The van der Waals surface area contributed by atoms with E-state index in [1.807, 2.05) is 24.4 Å². The minimum atomic E-state index is 0.630. The molecule has 0 saturated carbocycles. The lowest BCUT2D eigenvalue weighted by Crippen LogP contribution is -2.26. The Bertz CT molecular complexity index is 474. The van der Waals surface area contributed by atoms with Crippen LogP contribution in [0.3, 0.4) is 0 Å². The van der Waals surface area contributed by atoms with E-state index in [2.05, 4.69) is 15.7 Å². The first-order valence-corrected chi connectivity index (χ1v) is 6.89. The molecule has 0 bridgehead atoms. The van der Waals surface area contributed by atoms with E-state index < -0.39 is 0 Å². The van der Waals surface area contributed by atoms with E-state index in [9.17, 15) is 0 Å². The summed E-state index contributed by atoms with van der Waals surface area (Å²) in [5, 5.41) is 6.62. The zero-order valence-electron chi connectivity index (χ0n) is 9.60. The highest BCUT2D eigenvalue weighted by atomic mass is 32.1. The molecule has 3 heterocycles. The fourth-order valence-electron chi connectivity index (χ4n) is 2.20. The molecule has 0 atom stereocenters. The summed E-state index contributed by atoms with van der Waals surface area (Å²) in [4.78, 5) is 9.08. The van der Waals surface area contributed by atoms with E-state index in [0.717, 1.165) is 23.8 Å². The van der Waals surface area contributed by atoms with Crippen LogP contribution in [0.4, 0.5) is 0 Å². The lowest BCUT2D eigenvalue weighted by molar-refractivity contribution is 0.455. The summed E-state index contributed by atoms with van der Waals surface area (Å²) in [6, 6.07) is 5.96. The van der Waals surface area contributed by atoms with Gasteiger partial charge >= 0.3 is 0 Å². The van der Waals surface area contributed by atoms with Crippen LogP contribution >= 0.6 is 11.3 Å². The van der Waals surface area contributed by atoms with Gasteiger partial charge in [0.15, 0.2) is 0 Å². The average molecular weight is 245 g/mol. The van der Waals surface area contributed by atoms with Gasteiger partial charge in [0.25, 0.3) is 0 Å². The topological polar surface area (TPSA) is 37.8 Å². The maximum absolute atomic E-state index is 4.73. The van der Waals surface area contributed by atoms with Crippen molar-refractivity contribution in [3.05, 3.63) is 35.5 Å². The fourth-order valence-corrected chi connectivity index (χ4v) is 3.08. The molecule has 0 spiro atoms. The second kappa shape index (κ2) is 4.94. The summed E-state index contributed by atoms with van der Waals surface area (Å²) in [7, 11) is 0. The van der Waals surface area contributed by atoms with E-state index in [-0.39, 0.29) is 0 Å². The van der Waals surface area contributed by atoms with Crippen molar-refractivity contribution in [2.45, 2.75) is 18.8 Å². The molecular weight excluding hydrogens is 230 g/mol. The molecule has 0 amide bonds. The quantitative estimate of drug-likeness (QED) is 0.884. The van der Waals surface area contributed by atoms with Crippen LogP contribution in [0, 0.1) is 0 Å². The molecule has 0 radical (unpaired) electrons. The summed E-state index contributed by atoms with van der Waals surface area (Å²) in [6.07, 6.45) is 4.22. The summed E-state index contributed by atoms with van der Waals surface area (Å²) in [6.45, 7) is 2.22. The molecule has 88 valence electrons. The molecule has 3 nitrogen and oxygen atoms in total. The smallest absolute Gasteiger partial charge is 0.142 e. The first-order valence-electron chi connectivity index (χ1n) is 6.01. The SMILES string of the molecule is c1ccc(-c2nc(C3CCNCC3)cs2)nc1. The minimum absolute atomic E-state index is 0.630. The molecule has 2 aromatic rings. The molecule has 4 heteroatoms. The molecule has 1 saturated heterocycles. The highest BCUT2D eigenvalue weighted by Crippen LogP contribution is 2.29. The fraction of sp³-hybridized carbons (Fsp3) is 0.385. The second-order valence-electron chi connectivity index (χ2n) is 4.32. The predicted octanol–water partition coefficient (Wildman–Crippen LogP) is 2.67. The predicted molar refractivity (Wildman–Crippen MR) is 70.2 cm³/mol. The summed E-state index contributed by atoms with van der Waals surface area (Å²) in [5.41, 5.74) is 2.23. The van der Waals surface area contributed by atoms with Gasteiger partial charge in [-0.15, -0.1) is 11.3 Å². The molecule has 2 aromatic heterocycles. The summed E-state index contributed by atoms with van der Waals surface area (Å²) in [5.74, 6) is 0.630. The Hall–Kier alpha value is -1.26. The highest BCUT2D eigenvalue weighted by Gasteiger charge is 2.18. The molecule has 0 unspecified atom stereocenters. The van der Waals surface area contributed by atoms with Gasteiger partial charge in [0.05, 0.1) is 11.4 Å². The van der Waals surface area contributed by atoms with Crippen LogP contribution in [-0.2, 0) is 0 Å². The van der Waals surface area contributed by atoms with Gasteiger partial charge < -0.3 is 5.32 Å². The van der Waals surface area contributed by atoms with Crippen LogP contribution in [0.5, 0.6) is 0 Å². The first kappa shape index (κ1) is 10.9. The summed E-state index contributed by atoms with van der Waals surface area (Å²) < 4.78 is 0. The van der Waals surface area contributed by atoms with Crippen LogP contribution in [0.2, 0.25) is 0 Å². The Labute approximate surface area is 105 Å². The van der Waals surface area contributed by atoms with Gasteiger partial charge in [-0.05, 0) is 38.1 Å². The number of rotatable bonds is 2. The molecule has 1 fully saturated rings. The highest BCUT2D eigenvalue weighted by molar-refractivity contribution is 7.13. The minimum Gasteiger partial charge on any atom is -0.317 e. The van der Waals surface area contributed by atoms with E-state index in [1.165, 1.54) is 18.5 Å². The van der Waals surface area contributed by atoms with Crippen molar-refractivity contribution in [1.29, 1.82) is 0 Å². The number of nitrogens with zero attached hydrogens (tertiary/aromatic N) is 2. The largest absolute Gasteiger partial charge is 0.317 e. The zero-order chi connectivity index (χ0) is 11.5. The number of aromatic nitrogens is 2. The van der Waals surface area contributed by atoms with Crippen molar-refractivity contribution in [2.75, 3.05) is 13.1 Å². The van der Waals surface area contributed by atoms with Crippen LogP contribution in [0.15, 0.2) is 29.8 Å². The van der Waals surface area contributed by atoms with Crippen molar-refractivity contribution in [3.8, 4) is 10.7 Å². The Kier molecular flexibility index (Phi) is 3.16. The normalized spacial score (nSPS) is 17.2. The Balaban J connectivity index is 1.83. The van der Waals surface area contributed by atoms with Crippen molar-refractivity contribution in [2.24, 2.45) is 0 Å². The monoisotopic (exact) mass is 245 g/mol. The van der Waals surface area contributed by atoms with Crippen molar-refractivity contribution in [3.63, 3.8) is 0 Å². The Morgan fingerprint density at radius 3 is 2.88 bits per heavy atom. The van der Waals surface area contributed by atoms with Crippen molar-refractivity contribution >= 4 is 11.3 Å². The van der Waals surface area contributed by atoms with Gasteiger partial charge in [-0.2, -0.15) is 0 Å². The number of piperidine rings is 1. The lowest BCUT2D eigenvalue weighted by atomic mass is 9.95.